The first-order valence-corrected chi connectivity index (χ1v) is 10.6. The zero-order chi connectivity index (χ0) is 23.3. The highest BCUT2D eigenvalue weighted by Crippen LogP contribution is 2.34. The highest BCUT2D eigenvalue weighted by atomic mass is 19.1. The van der Waals surface area contributed by atoms with Crippen molar-refractivity contribution in [2.75, 3.05) is 51.5 Å². The van der Waals surface area contributed by atoms with E-state index < -0.39 is 13.2 Å². The van der Waals surface area contributed by atoms with Crippen molar-refractivity contribution in [1.29, 1.82) is 0 Å². The molecule has 7 nitrogen and oxygen atoms in total. The minimum absolute atomic E-state index is 0.0165. The van der Waals surface area contributed by atoms with Gasteiger partial charge in [-0.2, -0.15) is 0 Å². The van der Waals surface area contributed by atoms with Gasteiger partial charge in [0.15, 0.2) is 0 Å². The van der Waals surface area contributed by atoms with Gasteiger partial charge in [0.25, 0.3) is 5.91 Å². The maximum absolute atomic E-state index is 13.1. The predicted octanol–water partition coefficient (Wildman–Crippen LogP) is 2.84. The van der Waals surface area contributed by atoms with E-state index in [0.29, 0.717) is 24.8 Å². The highest BCUT2D eigenvalue weighted by Gasteiger charge is 2.31. The van der Waals surface area contributed by atoms with Gasteiger partial charge in [-0.25, -0.2) is 9.37 Å². The van der Waals surface area contributed by atoms with E-state index in [1.807, 2.05) is 19.9 Å². The van der Waals surface area contributed by atoms with Crippen molar-refractivity contribution in [3.8, 4) is 5.88 Å². The lowest BCUT2D eigenvalue weighted by Crippen LogP contribution is -2.52. The number of aromatic nitrogens is 1. The normalized spacial score (nSPS) is 19.2. The lowest BCUT2D eigenvalue weighted by atomic mass is 10.0. The fourth-order valence-electron chi connectivity index (χ4n) is 3.41. The molecule has 168 valence electrons. The van der Waals surface area contributed by atoms with Gasteiger partial charge in [0.1, 0.15) is 18.0 Å². The van der Waals surface area contributed by atoms with Crippen molar-refractivity contribution in [3.63, 3.8) is 0 Å². The molecule has 1 aliphatic carbocycles. The molecule has 1 aromatic heterocycles. The van der Waals surface area contributed by atoms with Crippen LogP contribution in [0.3, 0.4) is 0 Å². The Bertz CT molecular complexity index is 768. The van der Waals surface area contributed by atoms with Crippen LogP contribution in [0.5, 0.6) is 5.88 Å². The number of rotatable bonds is 13. The molecular formula is C22H34FN3O4. The Morgan fingerprint density at radius 3 is 2.80 bits per heavy atom. The molecule has 1 aromatic rings. The third-order valence-corrected chi connectivity index (χ3v) is 5.31. The molecule has 0 radical (unpaired) electrons. The summed E-state index contributed by atoms with van der Waals surface area (Å²) >= 11 is 0. The van der Waals surface area contributed by atoms with Crippen LogP contribution in [0.1, 0.15) is 46.3 Å². The summed E-state index contributed by atoms with van der Waals surface area (Å²) in [7, 11) is 1.69. The maximum Gasteiger partial charge on any atom is 0.270 e. The molecule has 1 atom stereocenters. The maximum atomic E-state index is 13.1. The molecule has 8 heteroatoms. The summed E-state index contributed by atoms with van der Waals surface area (Å²) in [6.07, 6.45) is 3.09. The first-order chi connectivity index (χ1) is 15.1. The van der Waals surface area contributed by atoms with E-state index >= 15 is 0 Å². The van der Waals surface area contributed by atoms with Gasteiger partial charge in [-0.3, -0.25) is 4.79 Å². The quantitative estimate of drug-likeness (QED) is 0.524. The lowest BCUT2D eigenvalue weighted by molar-refractivity contribution is 0.0766. The first-order valence-electron chi connectivity index (χ1n) is 11.6. The number of nitrogens with one attached hydrogen (secondary N) is 1. The molecule has 1 amide bonds. The van der Waals surface area contributed by atoms with Crippen LogP contribution in [0.4, 0.5) is 10.1 Å². The Balaban J connectivity index is 1.66. The number of ether oxygens (including phenoxy) is 3. The number of methoxy groups -OCH3 is 1. The molecule has 1 aliphatic heterocycles. The van der Waals surface area contributed by atoms with Crippen LogP contribution in [0.15, 0.2) is 12.1 Å². The van der Waals surface area contributed by atoms with Gasteiger partial charge < -0.3 is 24.4 Å². The molecule has 0 unspecified atom stereocenters. The highest BCUT2D eigenvalue weighted by molar-refractivity contribution is 5.93. The SMILES string of the molecule is [2H]C([2H])(F)COC[C@H](CC(C)C)NC(=O)c1ccc(N2CC(OC)C2)c(OCC2CC2)n1. The van der Waals surface area contributed by atoms with Crippen LogP contribution in [0.2, 0.25) is 0 Å². The summed E-state index contributed by atoms with van der Waals surface area (Å²) in [6, 6.07) is 3.13. The predicted molar refractivity (Wildman–Crippen MR) is 113 cm³/mol. The van der Waals surface area contributed by atoms with Crippen LogP contribution in [-0.2, 0) is 9.47 Å². The lowest BCUT2D eigenvalue weighted by Gasteiger charge is -2.40. The summed E-state index contributed by atoms with van der Waals surface area (Å²) in [6.45, 7) is 2.52. The summed E-state index contributed by atoms with van der Waals surface area (Å²) in [5.41, 5.74) is 1.08. The number of hydrogen-bond donors (Lipinski definition) is 1. The van der Waals surface area contributed by atoms with E-state index in [1.54, 1.807) is 13.2 Å². The summed E-state index contributed by atoms with van der Waals surface area (Å²) in [5.74, 6) is 0.888. The zero-order valence-corrected chi connectivity index (χ0v) is 18.0. The number of amides is 1. The van der Waals surface area contributed by atoms with Crippen molar-refractivity contribution < 1.29 is 26.1 Å². The van der Waals surface area contributed by atoms with Crippen molar-refractivity contribution in [2.45, 2.75) is 45.3 Å². The van der Waals surface area contributed by atoms with Crippen LogP contribution in [0.25, 0.3) is 0 Å². The molecule has 1 saturated heterocycles. The summed E-state index contributed by atoms with van der Waals surface area (Å²) in [4.78, 5) is 19.5. The average Bonchev–Trinajstić information content (AvgIpc) is 3.49. The van der Waals surface area contributed by atoms with Gasteiger partial charge in [-0.05, 0) is 43.2 Å². The van der Waals surface area contributed by atoms with Crippen LogP contribution >= 0.6 is 0 Å². The third-order valence-electron chi connectivity index (χ3n) is 5.31. The van der Waals surface area contributed by atoms with Crippen molar-refractivity contribution in [1.82, 2.24) is 10.3 Å². The van der Waals surface area contributed by atoms with Gasteiger partial charge in [-0.15, -0.1) is 0 Å². The molecule has 0 bridgehead atoms. The third kappa shape index (κ3) is 6.54. The van der Waals surface area contributed by atoms with Gasteiger partial charge in [0.05, 0.1) is 34.7 Å². The molecule has 2 fully saturated rings. The Hall–Kier alpha value is -1.93. The van der Waals surface area contributed by atoms with E-state index in [9.17, 15) is 9.18 Å². The van der Waals surface area contributed by atoms with E-state index in [0.717, 1.165) is 31.6 Å². The van der Waals surface area contributed by atoms with Crippen molar-refractivity contribution >= 4 is 11.6 Å². The first kappa shape index (κ1) is 20.0. The van der Waals surface area contributed by atoms with E-state index in [-0.39, 0.29) is 36.3 Å². The Morgan fingerprint density at radius 2 is 2.17 bits per heavy atom. The van der Waals surface area contributed by atoms with Crippen LogP contribution in [-0.4, -0.2) is 69.7 Å². The molecule has 2 heterocycles. The van der Waals surface area contributed by atoms with E-state index in [4.69, 9.17) is 17.0 Å². The number of hydrogen-bond acceptors (Lipinski definition) is 6. The second kappa shape index (κ2) is 10.9. The Morgan fingerprint density at radius 1 is 1.40 bits per heavy atom. The van der Waals surface area contributed by atoms with Crippen molar-refractivity contribution in [3.05, 3.63) is 17.8 Å². The topological polar surface area (TPSA) is 72.9 Å². The number of nitrogens with zero attached hydrogens (tertiary/aromatic N) is 2. The number of anilines is 1. The van der Waals surface area contributed by atoms with Gasteiger partial charge in [0, 0.05) is 20.2 Å². The van der Waals surface area contributed by atoms with Gasteiger partial charge >= 0.3 is 0 Å². The minimum atomic E-state index is -2.91. The molecule has 3 rings (SSSR count). The fourth-order valence-corrected chi connectivity index (χ4v) is 3.41. The minimum Gasteiger partial charge on any atom is -0.476 e. The molecule has 30 heavy (non-hydrogen) atoms. The molecular weight excluding hydrogens is 389 g/mol. The van der Waals surface area contributed by atoms with Crippen molar-refractivity contribution in [2.24, 2.45) is 11.8 Å². The second-order valence-electron chi connectivity index (χ2n) is 8.49. The Labute approximate surface area is 181 Å². The molecule has 1 saturated carbocycles. The number of carbonyl (C=O) groups excluding carboxylic acids is 1. The standard InChI is InChI=1S/C22H34FN3O4/c1-15(2)10-17(14-29-9-8-23)24-21(27)19-6-7-20(26-11-18(12-26)28-3)22(25-19)30-13-16-4-5-16/h6-7,15-18H,4-5,8-14H2,1-3H3,(H,24,27)/t17-/m0/s1/i8D2. The number of alkyl halides is 1. The number of halogens is 1. The Kier molecular flexibility index (Phi) is 7.27. The average molecular weight is 426 g/mol. The number of pyridine rings is 1. The van der Waals surface area contributed by atoms with Gasteiger partial charge in [-0.1, -0.05) is 13.8 Å². The zero-order valence-electron chi connectivity index (χ0n) is 20.0. The smallest absolute Gasteiger partial charge is 0.270 e. The monoisotopic (exact) mass is 425 g/mol. The largest absolute Gasteiger partial charge is 0.476 e. The molecule has 0 aromatic carbocycles. The molecule has 0 spiro atoms. The second-order valence-corrected chi connectivity index (χ2v) is 8.49. The van der Waals surface area contributed by atoms with E-state index in [1.165, 1.54) is 0 Å². The summed E-state index contributed by atoms with van der Waals surface area (Å²) in [5, 5.41) is 2.89. The fraction of sp³-hybridized carbons (Fsp3) is 0.727. The van der Waals surface area contributed by atoms with Gasteiger partial charge in [0.2, 0.25) is 5.88 Å². The summed E-state index contributed by atoms with van der Waals surface area (Å²) < 4.78 is 43.4. The van der Waals surface area contributed by atoms with Crippen LogP contribution in [0, 0.1) is 11.8 Å². The molecule has 2 aliphatic rings. The molecule has 1 N–H and O–H groups in total. The van der Waals surface area contributed by atoms with Crippen LogP contribution < -0.4 is 15.0 Å². The number of carbonyl (C=O) groups is 1. The van der Waals surface area contributed by atoms with E-state index in [2.05, 4.69) is 15.2 Å².